The number of fused-ring (bicyclic) bond motifs is 1. The Bertz CT molecular complexity index is 759. The van der Waals surface area contributed by atoms with Crippen molar-refractivity contribution in [3.8, 4) is 0 Å². The molecule has 2 heterocycles. The molecule has 5 heteroatoms. The lowest BCUT2D eigenvalue weighted by atomic mass is 10.0. The van der Waals surface area contributed by atoms with E-state index in [9.17, 15) is 9.59 Å². The van der Waals surface area contributed by atoms with Crippen LogP contribution in [0.2, 0.25) is 0 Å². The van der Waals surface area contributed by atoms with E-state index < -0.39 is 0 Å². The van der Waals surface area contributed by atoms with Crippen LogP contribution < -0.4 is 11.0 Å². The third-order valence-corrected chi connectivity index (χ3v) is 4.63. The van der Waals surface area contributed by atoms with E-state index >= 15 is 0 Å². The standard InChI is InChI=1S/C18H23N3O2/c1-3-14(13-9-5-4-6-10-13)19-17(22)16-15-11-7-8-12-21(15)18(23)20(16)2/h4-6,9-10,14H,3,7-8,11-12H2,1-2H3,(H,19,22)/t14-/m1/s1. The van der Waals surface area contributed by atoms with E-state index in [0.717, 1.165) is 36.9 Å². The van der Waals surface area contributed by atoms with Gasteiger partial charge in [-0.05, 0) is 31.2 Å². The Morgan fingerprint density at radius 1 is 1.26 bits per heavy atom. The SMILES string of the molecule is CC[C@@H](NC(=O)c1c2n(c(=O)n1C)CCCC2)c1ccccc1. The van der Waals surface area contributed by atoms with Gasteiger partial charge >= 0.3 is 5.69 Å². The fraction of sp³-hybridized carbons (Fsp3) is 0.444. The van der Waals surface area contributed by atoms with E-state index in [4.69, 9.17) is 0 Å². The first-order chi connectivity index (χ1) is 11.1. The van der Waals surface area contributed by atoms with Crippen molar-refractivity contribution in [2.45, 2.75) is 45.2 Å². The summed E-state index contributed by atoms with van der Waals surface area (Å²) in [5.74, 6) is -0.157. The van der Waals surface area contributed by atoms with Crippen molar-refractivity contribution in [2.75, 3.05) is 0 Å². The second-order valence-electron chi connectivity index (χ2n) is 6.09. The first kappa shape index (κ1) is 15.6. The number of amides is 1. The van der Waals surface area contributed by atoms with E-state index in [1.807, 2.05) is 37.3 Å². The molecule has 0 saturated heterocycles. The molecule has 1 aromatic heterocycles. The highest BCUT2D eigenvalue weighted by Crippen LogP contribution is 2.20. The van der Waals surface area contributed by atoms with Crippen LogP contribution in [0, 0.1) is 0 Å². The Labute approximate surface area is 135 Å². The summed E-state index contributed by atoms with van der Waals surface area (Å²) in [6.07, 6.45) is 3.62. The number of aromatic nitrogens is 2. The molecule has 1 N–H and O–H groups in total. The summed E-state index contributed by atoms with van der Waals surface area (Å²) in [4.78, 5) is 25.1. The average Bonchev–Trinajstić information content (AvgIpc) is 2.85. The number of benzene rings is 1. The molecule has 1 aromatic carbocycles. The second kappa shape index (κ2) is 6.44. The molecule has 5 nitrogen and oxygen atoms in total. The minimum Gasteiger partial charge on any atom is -0.344 e. The van der Waals surface area contributed by atoms with E-state index in [1.165, 1.54) is 4.57 Å². The molecule has 1 amide bonds. The zero-order chi connectivity index (χ0) is 16.4. The summed E-state index contributed by atoms with van der Waals surface area (Å²) in [5, 5.41) is 3.09. The number of nitrogens with one attached hydrogen (secondary N) is 1. The van der Waals surface area contributed by atoms with Crippen LogP contribution in [0.4, 0.5) is 0 Å². The van der Waals surface area contributed by atoms with Crippen LogP contribution in [-0.2, 0) is 20.0 Å². The molecular formula is C18H23N3O2. The van der Waals surface area contributed by atoms with Crippen LogP contribution >= 0.6 is 0 Å². The minimum atomic E-state index is -0.157. The van der Waals surface area contributed by atoms with Crippen molar-refractivity contribution < 1.29 is 4.79 Å². The summed E-state index contributed by atoms with van der Waals surface area (Å²) in [5.41, 5.74) is 2.40. The highest BCUT2D eigenvalue weighted by molar-refractivity contribution is 5.94. The molecule has 0 radical (unpaired) electrons. The molecule has 122 valence electrons. The van der Waals surface area contributed by atoms with Gasteiger partial charge in [-0.25, -0.2) is 4.79 Å². The van der Waals surface area contributed by atoms with Crippen molar-refractivity contribution in [3.05, 3.63) is 57.8 Å². The van der Waals surface area contributed by atoms with Gasteiger partial charge < -0.3 is 5.32 Å². The molecule has 1 aliphatic rings. The quantitative estimate of drug-likeness (QED) is 0.942. The number of hydrogen-bond acceptors (Lipinski definition) is 2. The number of carbonyl (C=O) groups is 1. The van der Waals surface area contributed by atoms with Crippen molar-refractivity contribution >= 4 is 5.91 Å². The first-order valence-corrected chi connectivity index (χ1v) is 8.27. The normalized spacial score (nSPS) is 15.0. The number of hydrogen-bond donors (Lipinski definition) is 1. The number of nitrogens with zero attached hydrogens (tertiary/aromatic N) is 2. The van der Waals surface area contributed by atoms with Crippen LogP contribution in [0.25, 0.3) is 0 Å². The van der Waals surface area contributed by atoms with E-state index in [-0.39, 0.29) is 17.6 Å². The predicted molar refractivity (Wildman–Crippen MR) is 89.6 cm³/mol. The topological polar surface area (TPSA) is 56.0 Å². The average molecular weight is 313 g/mol. The molecule has 1 aliphatic heterocycles. The molecular weight excluding hydrogens is 290 g/mol. The van der Waals surface area contributed by atoms with Gasteiger partial charge in [0, 0.05) is 13.6 Å². The zero-order valence-corrected chi connectivity index (χ0v) is 13.7. The predicted octanol–water partition coefficient (Wildman–Crippen LogP) is 2.40. The summed E-state index contributed by atoms with van der Waals surface area (Å²) >= 11 is 0. The van der Waals surface area contributed by atoms with Gasteiger partial charge in [-0.2, -0.15) is 0 Å². The Morgan fingerprint density at radius 3 is 2.70 bits per heavy atom. The fourth-order valence-electron chi connectivity index (χ4n) is 3.38. The van der Waals surface area contributed by atoms with Crippen LogP contribution in [0.15, 0.2) is 35.1 Å². The first-order valence-electron chi connectivity index (χ1n) is 8.27. The summed E-state index contributed by atoms with van der Waals surface area (Å²) in [6.45, 7) is 2.76. The van der Waals surface area contributed by atoms with E-state index in [0.29, 0.717) is 12.2 Å². The largest absolute Gasteiger partial charge is 0.344 e. The maximum atomic E-state index is 12.8. The van der Waals surface area contributed by atoms with Crippen molar-refractivity contribution in [2.24, 2.45) is 7.05 Å². The summed E-state index contributed by atoms with van der Waals surface area (Å²) in [6, 6.07) is 9.90. The molecule has 0 aliphatic carbocycles. The van der Waals surface area contributed by atoms with Crippen molar-refractivity contribution in [1.29, 1.82) is 0 Å². The van der Waals surface area contributed by atoms with Gasteiger partial charge in [-0.1, -0.05) is 37.3 Å². The zero-order valence-electron chi connectivity index (χ0n) is 13.7. The van der Waals surface area contributed by atoms with Crippen LogP contribution in [-0.4, -0.2) is 15.0 Å². The van der Waals surface area contributed by atoms with Crippen LogP contribution in [0.3, 0.4) is 0 Å². The highest BCUT2D eigenvalue weighted by Gasteiger charge is 2.26. The van der Waals surface area contributed by atoms with Crippen molar-refractivity contribution in [3.63, 3.8) is 0 Å². The molecule has 0 fully saturated rings. The number of imidazole rings is 1. The maximum absolute atomic E-state index is 12.8. The Balaban J connectivity index is 1.91. The lowest BCUT2D eigenvalue weighted by molar-refractivity contribution is 0.0925. The van der Waals surface area contributed by atoms with Gasteiger partial charge in [0.2, 0.25) is 0 Å². The van der Waals surface area contributed by atoms with Crippen molar-refractivity contribution in [1.82, 2.24) is 14.5 Å². The van der Waals surface area contributed by atoms with Gasteiger partial charge in [-0.15, -0.1) is 0 Å². The van der Waals surface area contributed by atoms with Gasteiger partial charge in [0.25, 0.3) is 5.91 Å². The van der Waals surface area contributed by atoms with E-state index in [2.05, 4.69) is 5.32 Å². The Hall–Kier alpha value is -2.30. The third kappa shape index (κ3) is 2.83. The molecule has 23 heavy (non-hydrogen) atoms. The monoisotopic (exact) mass is 313 g/mol. The lowest BCUT2D eigenvalue weighted by Gasteiger charge is -2.19. The molecule has 0 bridgehead atoms. The summed E-state index contributed by atoms with van der Waals surface area (Å²) < 4.78 is 3.25. The third-order valence-electron chi connectivity index (χ3n) is 4.63. The summed E-state index contributed by atoms with van der Waals surface area (Å²) in [7, 11) is 1.69. The Morgan fingerprint density at radius 2 is 2.00 bits per heavy atom. The van der Waals surface area contributed by atoms with Crippen LogP contribution in [0.1, 0.15) is 54.0 Å². The smallest absolute Gasteiger partial charge is 0.328 e. The molecule has 0 saturated carbocycles. The van der Waals surface area contributed by atoms with E-state index in [1.54, 1.807) is 11.6 Å². The Kier molecular flexibility index (Phi) is 4.37. The van der Waals surface area contributed by atoms with Gasteiger partial charge in [0.15, 0.2) is 0 Å². The van der Waals surface area contributed by atoms with Gasteiger partial charge in [0.1, 0.15) is 5.69 Å². The molecule has 3 rings (SSSR count). The second-order valence-corrected chi connectivity index (χ2v) is 6.09. The molecule has 0 spiro atoms. The number of rotatable bonds is 4. The maximum Gasteiger partial charge on any atom is 0.328 e. The molecule has 0 unspecified atom stereocenters. The molecule has 1 atom stereocenters. The highest BCUT2D eigenvalue weighted by atomic mass is 16.2. The number of carbonyl (C=O) groups excluding carboxylic acids is 1. The van der Waals surface area contributed by atoms with Gasteiger partial charge in [-0.3, -0.25) is 13.9 Å². The van der Waals surface area contributed by atoms with Gasteiger partial charge in [0.05, 0.1) is 11.7 Å². The fourth-order valence-corrected chi connectivity index (χ4v) is 3.38. The molecule has 2 aromatic rings. The van der Waals surface area contributed by atoms with Crippen LogP contribution in [0.5, 0.6) is 0 Å². The lowest BCUT2D eigenvalue weighted by Crippen LogP contribution is -2.31. The minimum absolute atomic E-state index is 0.0436.